The molecule has 0 amide bonds. The van der Waals surface area contributed by atoms with Gasteiger partial charge in [-0.25, -0.2) is 9.97 Å². The van der Waals surface area contributed by atoms with Crippen LogP contribution in [-0.2, 0) is 0 Å². The number of hydrogen-bond acceptors (Lipinski definition) is 5. The van der Waals surface area contributed by atoms with Gasteiger partial charge in [-0.1, -0.05) is 19.3 Å². The number of imidazole rings is 1. The maximum absolute atomic E-state index is 5.88. The van der Waals surface area contributed by atoms with Gasteiger partial charge in [0, 0.05) is 35.6 Å². The van der Waals surface area contributed by atoms with Gasteiger partial charge in [-0.15, -0.1) is 0 Å². The van der Waals surface area contributed by atoms with Crippen LogP contribution >= 0.6 is 0 Å². The molecule has 0 spiro atoms. The second-order valence-corrected chi connectivity index (χ2v) is 6.73. The fraction of sp³-hybridized carbons (Fsp3) is 0.350. The van der Waals surface area contributed by atoms with Crippen LogP contribution in [0.2, 0.25) is 0 Å². The van der Waals surface area contributed by atoms with E-state index < -0.39 is 0 Å². The lowest BCUT2D eigenvalue weighted by Crippen LogP contribution is -2.06. The molecule has 0 atom stereocenters. The zero-order valence-electron chi connectivity index (χ0n) is 14.9. The van der Waals surface area contributed by atoms with Gasteiger partial charge in [-0.05, 0) is 31.0 Å². The zero-order valence-corrected chi connectivity index (χ0v) is 14.9. The normalized spacial score (nSPS) is 15.1. The van der Waals surface area contributed by atoms with Crippen molar-refractivity contribution in [3.05, 3.63) is 42.6 Å². The number of methoxy groups -OCH3 is 1. The molecule has 3 aromatic heterocycles. The molecule has 1 fully saturated rings. The molecule has 3 N–H and O–H groups in total. The second-order valence-electron chi connectivity index (χ2n) is 6.73. The summed E-state index contributed by atoms with van der Waals surface area (Å²) in [4.78, 5) is 16.9. The minimum atomic E-state index is 0.379. The number of anilines is 1. The van der Waals surface area contributed by atoms with Gasteiger partial charge in [0.1, 0.15) is 5.82 Å². The van der Waals surface area contributed by atoms with Gasteiger partial charge in [-0.3, -0.25) is 4.98 Å². The van der Waals surface area contributed by atoms with Crippen molar-refractivity contribution in [2.45, 2.75) is 38.0 Å². The molecule has 0 aromatic carbocycles. The average Bonchev–Trinajstić information content (AvgIpc) is 3.15. The first-order valence-corrected chi connectivity index (χ1v) is 9.06. The van der Waals surface area contributed by atoms with Gasteiger partial charge in [-0.2, -0.15) is 0 Å². The fourth-order valence-electron chi connectivity index (χ4n) is 3.65. The number of pyridine rings is 2. The van der Waals surface area contributed by atoms with Crippen molar-refractivity contribution in [1.29, 1.82) is 0 Å². The van der Waals surface area contributed by atoms with Crippen LogP contribution in [0.4, 0.5) is 5.82 Å². The Labute approximate surface area is 152 Å². The maximum Gasteiger partial charge on any atom is 0.166 e. The second kappa shape index (κ2) is 7.15. The van der Waals surface area contributed by atoms with Crippen molar-refractivity contribution < 1.29 is 4.74 Å². The smallest absolute Gasteiger partial charge is 0.166 e. The van der Waals surface area contributed by atoms with Crippen LogP contribution in [0.15, 0.2) is 36.8 Å². The van der Waals surface area contributed by atoms with Gasteiger partial charge in [0.15, 0.2) is 11.6 Å². The molecular weight excluding hydrogens is 326 g/mol. The van der Waals surface area contributed by atoms with Crippen LogP contribution in [0, 0.1) is 0 Å². The first-order chi connectivity index (χ1) is 12.8. The van der Waals surface area contributed by atoms with Crippen molar-refractivity contribution in [2.75, 3.05) is 12.8 Å². The summed E-state index contributed by atoms with van der Waals surface area (Å²) in [5.74, 6) is 2.49. The van der Waals surface area contributed by atoms with E-state index in [0.717, 1.165) is 28.3 Å². The molecule has 3 aromatic rings. The van der Waals surface area contributed by atoms with Crippen LogP contribution in [0.5, 0.6) is 5.75 Å². The Morgan fingerprint density at radius 3 is 2.62 bits per heavy atom. The van der Waals surface area contributed by atoms with Crippen molar-refractivity contribution >= 4 is 5.82 Å². The number of nitrogen functional groups attached to an aromatic ring is 1. The van der Waals surface area contributed by atoms with Gasteiger partial charge in [0.05, 0.1) is 18.5 Å². The third kappa shape index (κ3) is 3.14. The lowest BCUT2D eigenvalue weighted by Gasteiger charge is -2.19. The van der Waals surface area contributed by atoms with E-state index in [4.69, 9.17) is 15.5 Å². The number of ether oxygens (including phenoxy) is 1. The van der Waals surface area contributed by atoms with E-state index in [2.05, 4.69) is 15.0 Å². The number of rotatable bonds is 4. The number of aromatic nitrogens is 4. The third-order valence-electron chi connectivity index (χ3n) is 5.06. The predicted molar refractivity (Wildman–Crippen MR) is 102 cm³/mol. The van der Waals surface area contributed by atoms with Gasteiger partial charge < -0.3 is 15.5 Å². The van der Waals surface area contributed by atoms with Gasteiger partial charge in [0.25, 0.3) is 0 Å². The van der Waals surface area contributed by atoms with E-state index in [1.807, 2.05) is 18.2 Å². The van der Waals surface area contributed by atoms with Crippen molar-refractivity contribution in [3.63, 3.8) is 0 Å². The Hall–Kier alpha value is -2.89. The summed E-state index contributed by atoms with van der Waals surface area (Å²) in [5, 5.41) is 0. The maximum atomic E-state index is 5.88. The first-order valence-electron chi connectivity index (χ1n) is 9.06. The number of nitrogens with two attached hydrogens (primary N) is 1. The Kier molecular flexibility index (Phi) is 4.56. The molecule has 6 heteroatoms. The standard InChI is InChI=1S/C20H23N5O/c1-26-16-11-15(12-23-19(16)21)18-17(13-7-9-22-10-8-13)24-20(25-18)14-5-3-2-4-6-14/h7-12,14H,2-6H2,1H3,(H2,21,23)(H,24,25). The highest BCUT2D eigenvalue weighted by Crippen LogP contribution is 2.37. The summed E-state index contributed by atoms with van der Waals surface area (Å²) in [6.45, 7) is 0. The first kappa shape index (κ1) is 16.6. The highest BCUT2D eigenvalue weighted by Gasteiger charge is 2.22. The fourth-order valence-corrected chi connectivity index (χ4v) is 3.65. The Morgan fingerprint density at radius 1 is 1.12 bits per heavy atom. The molecule has 3 heterocycles. The SMILES string of the molecule is COc1cc(-c2nc(C3CCCCC3)[nH]c2-c2ccncc2)cnc1N. The highest BCUT2D eigenvalue weighted by atomic mass is 16.5. The van der Waals surface area contributed by atoms with Crippen LogP contribution in [0.1, 0.15) is 43.8 Å². The van der Waals surface area contributed by atoms with Gasteiger partial charge >= 0.3 is 0 Å². The molecule has 4 rings (SSSR count). The quantitative estimate of drug-likeness (QED) is 0.738. The molecule has 1 aliphatic carbocycles. The van der Waals surface area contributed by atoms with Gasteiger partial charge in [0.2, 0.25) is 0 Å². The average molecular weight is 349 g/mol. The summed E-state index contributed by atoms with van der Waals surface area (Å²) >= 11 is 0. The minimum Gasteiger partial charge on any atom is -0.493 e. The van der Waals surface area contributed by atoms with Crippen molar-refractivity contribution in [1.82, 2.24) is 19.9 Å². The molecule has 0 bridgehead atoms. The van der Waals surface area contributed by atoms with E-state index in [9.17, 15) is 0 Å². The third-order valence-corrected chi connectivity index (χ3v) is 5.06. The number of nitrogens with zero attached hydrogens (tertiary/aromatic N) is 3. The minimum absolute atomic E-state index is 0.379. The molecule has 6 nitrogen and oxygen atoms in total. The summed E-state index contributed by atoms with van der Waals surface area (Å²) in [7, 11) is 1.60. The lowest BCUT2D eigenvalue weighted by atomic mass is 9.89. The monoisotopic (exact) mass is 349 g/mol. The van der Waals surface area contributed by atoms with E-state index >= 15 is 0 Å². The van der Waals surface area contributed by atoms with Crippen molar-refractivity contribution in [2.24, 2.45) is 0 Å². The zero-order chi connectivity index (χ0) is 17.9. The largest absolute Gasteiger partial charge is 0.493 e. The molecule has 0 radical (unpaired) electrons. The molecule has 1 saturated carbocycles. The Morgan fingerprint density at radius 2 is 1.88 bits per heavy atom. The molecule has 0 saturated heterocycles. The van der Waals surface area contributed by atoms with E-state index in [1.165, 1.54) is 32.1 Å². The van der Waals surface area contributed by atoms with E-state index in [0.29, 0.717) is 17.5 Å². The van der Waals surface area contributed by atoms with Crippen LogP contribution in [0.3, 0.4) is 0 Å². The number of hydrogen-bond donors (Lipinski definition) is 2. The molecule has 26 heavy (non-hydrogen) atoms. The molecule has 134 valence electrons. The van der Waals surface area contributed by atoms with E-state index in [-0.39, 0.29) is 0 Å². The van der Waals surface area contributed by atoms with E-state index in [1.54, 1.807) is 25.7 Å². The predicted octanol–water partition coefficient (Wildman–Crippen LogP) is 4.17. The molecule has 0 aliphatic heterocycles. The summed E-state index contributed by atoms with van der Waals surface area (Å²) in [5.41, 5.74) is 9.69. The van der Waals surface area contributed by atoms with Crippen LogP contribution < -0.4 is 10.5 Å². The number of aromatic amines is 1. The Balaban J connectivity index is 1.82. The van der Waals surface area contributed by atoms with Crippen LogP contribution in [-0.4, -0.2) is 27.0 Å². The molecule has 0 unspecified atom stereocenters. The molecule has 1 aliphatic rings. The molecular formula is C20H23N5O. The number of nitrogens with one attached hydrogen (secondary N) is 1. The summed E-state index contributed by atoms with van der Waals surface area (Å²) < 4.78 is 5.34. The van der Waals surface area contributed by atoms with Crippen molar-refractivity contribution in [3.8, 4) is 28.3 Å². The lowest BCUT2D eigenvalue weighted by molar-refractivity contribution is 0.415. The number of H-pyrrole nitrogens is 1. The summed E-state index contributed by atoms with van der Waals surface area (Å²) in [6, 6.07) is 5.88. The summed E-state index contributed by atoms with van der Waals surface area (Å²) in [6.07, 6.45) is 11.6. The Bertz CT molecular complexity index is 884. The topological polar surface area (TPSA) is 89.7 Å². The van der Waals surface area contributed by atoms with Crippen LogP contribution in [0.25, 0.3) is 22.5 Å². The highest BCUT2D eigenvalue weighted by molar-refractivity contribution is 5.79.